The van der Waals surface area contributed by atoms with Crippen molar-refractivity contribution in [1.29, 1.82) is 0 Å². The summed E-state index contributed by atoms with van der Waals surface area (Å²) in [6, 6.07) is 16.1. The molecular formula is C24H29N3O3. The summed E-state index contributed by atoms with van der Waals surface area (Å²) in [6.45, 7) is 1.34. The normalized spacial score (nSPS) is 17.0. The molecule has 0 radical (unpaired) electrons. The van der Waals surface area contributed by atoms with E-state index in [1.807, 2.05) is 6.07 Å². The number of amides is 2. The molecule has 6 nitrogen and oxygen atoms in total. The van der Waals surface area contributed by atoms with Crippen molar-refractivity contribution >= 4 is 23.4 Å². The maximum atomic E-state index is 12.6. The molecule has 30 heavy (non-hydrogen) atoms. The Morgan fingerprint density at radius 2 is 1.90 bits per heavy atom. The molecule has 1 saturated heterocycles. The summed E-state index contributed by atoms with van der Waals surface area (Å²) in [7, 11) is 2.18. The van der Waals surface area contributed by atoms with Gasteiger partial charge >= 0.3 is 6.09 Å². The third kappa shape index (κ3) is 4.58. The first-order chi connectivity index (χ1) is 14.6. The number of ether oxygens (including phenoxy) is 1. The topological polar surface area (TPSA) is 61.9 Å². The van der Waals surface area contributed by atoms with Gasteiger partial charge in [-0.2, -0.15) is 0 Å². The fraction of sp³-hybridized carbons (Fsp3) is 0.417. The largest absolute Gasteiger partial charge is 0.447 e. The predicted octanol–water partition coefficient (Wildman–Crippen LogP) is 4.34. The molecule has 4 rings (SSSR count). The van der Waals surface area contributed by atoms with Gasteiger partial charge in [0.2, 0.25) is 0 Å². The summed E-state index contributed by atoms with van der Waals surface area (Å²) in [5.74, 6) is -0.159. The third-order valence-corrected chi connectivity index (χ3v) is 6.10. The minimum Gasteiger partial charge on any atom is -0.447 e. The molecule has 1 aliphatic carbocycles. The summed E-state index contributed by atoms with van der Waals surface area (Å²) in [5.41, 5.74) is 3.49. The average Bonchev–Trinajstić information content (AvgIpc) is 3.24. The first-order valence-electron chi connectivity index (χ1n) is 10.8. The van der Waals surface area contributed by atoms with Crippen molar-refractivity contribution in [3.05, 3.63) is 59.7 Å². The zero-order chi connectivity index (χ0) is 20.9. The smallest absolute Gasteiger partial charge is 0.414 e. The van der Waals surface area contributed by atoms with Crippen LogP contribution < -0.4 is 15.1 Å². The molecule has 0 spiro atoms. The lowest BCUT2D eigenvalue weighted by Crippen LogP contribution is -2.33. The molecule has 2 amide bonds. The summed E-state index contributed by atoms with van der Waals surface area (Å²) in [5, 5.41) is 2.97. The predicted molar refractivity (Wildman–Crippen MR) is 118 cm³/mol. The second-order valence-corrected chi connectivity index (χ2v) is 8.07. The highest BCUT2D eigenvalue weighted by Crippen LogP contribution is 2.26. The molecule has 1 heterocycles. The number of hydrogen-bond acceptors (Lipinski definition) is 4. The van der Waals surface area contributed by atoms with Crippen LogP contribution in [0.15, 0.2) is 48.5 Å². The Morgan fingerprint density at radius 3 is 2.60 bits per heavy atom. The van der Waals surface area contributed by atoms with Crippen LogP contribution in [0.25, 0.3) is 0 Å². The van der Waals surface area contributed by atoms with Crippen molar-refractivity contribution in [2.75, 3.05) is 30.0 Å². The maximum Gasteiger partial charge on any atom is 0.414 e. The molecule has 2 aliphatic rings. The van der Waals surface area contributed by atoms with E-state index in [1.165, 1.54) is 37.8 Å². The van der Waals surface area contributed by atoms with E-state index in [0.29, 0.717) is 37.0 Å². The van der Waals surface area contributed by atoms with Crippen molar-refractivity contribution in [3.63, 3.8) is 0 Å². The molecule has 0 atom stereocenters. The highest BCUT2D eigenvalue weighted by molar-refractivity contribution is 5.97. The van der Waals surface area contributed by atoms with E-state index in [1.54, 1.807) is 23.1 Å². The SMILES string of the molecule is CN(c1ccc(CNC(=O)c2cccc(N3CCOC3=O)c2)cc1)C1CCCCC1. The molecule has 0 bridgehead atoms. The van der Waals surface area contributed by atoms with Crippen molar-refractivity contribution < 1.29 is 14.3 Å². The van der Waals surface area contributed by atoms with Crippen LogP contribution >= 0.6 is 0 Å². The van der Waals surface area contributed by atoms with E-state index in [2.05, 4.69) is 41.5 Å². The van der Waals surface area contributed by atoms with Crippen molar-refractivity contribution in [1.82, 2.24) is 5.32 Å². The molecule has 0 unspecified atom stereocenters. The van der Waals surface area contributed by atoms with E-state index < -0.39 is 0 Å². The minimum absolute atomic E-state index is 0.159. The molecule has 1 saturated carbocycles. The van der Waals surface area contributed by atoms with Gasteiger partial charge < -0.3 is 15.0 Å². The van der Waals surface area contributed by atoms with Crippen LogP contribution in [0.5, 0.6) is 0 Å². The van der Waals surface area contributed by atoms with Gasteiger partial charge in [-0.1, -0.05) is 37.5 Å². The maximum absolute atomic E-state index is 12.6. The highest BCUT2D eigenvalue weighted by Gasteiger charge is 2.24. The van der Waals surface area contributed by atoms with Crippen molar-refractivity contribution in [2.24, 2.45) is 0 Å². The van der Waals surface area contributed by atoms with Gasteiger partial charge in [0.25, 0.3) is 5.91 Å². The summed E-state index contributed by atoms with van der Waals surface area (Å²) in [4.78, 5) is 28.3. The van der Waals surface area contributed by atoms with Gasteiger partial charge in [0, 0.05) is 36.6 Å². The van der Waals surface area contributed by atoms with E-state index in [-0.39, 0.29) is 12.0 Å². The molecule has 1 N–H and O–H groups in total. The number of carbonyl (C=O) groups is 2. The number of hydrogen-bond donors (Lipinski definition) is 1. The monoisotopic (exact) mass is 407 g/mol. The molecule has 1 aliphatic heterocycles. The Labute approximate surface area is 177 Å². The van der Waals surface area contributed by atoms with E-state index >= 15 is 0 Å². The van der Waals surface area contributed by atoms with Gasteiger partial charge in [-0.05, 0) is 48.7 Å². The van der Waals surface area contributed by atoms with E-state index in [9.17, 15) is 9.59 Å². The minimum atomic E-state index is -0.370. The van der Waals surface area contributed by atoms with Crippen molar-refractivity contribution in [3.8, 4) is 0 Å². The number of nitrogens with one attached hydrogen (secondary N) is 1. The molecule has 2 aromatic carbocycles. The van der Waals surface area contributed by atoms with Crippen LogP contribution in [-0.2, 0) is 11.3 Å². The fourth-order valence-corrected chi connectivity index (χ4v) is 4.26. The average molecular weight is 408 g/mol. The van der Waals surface area contributed by atoms with Crippen LogP contribution in [0.1, 0.15) is 48.0 Å². The first kappa shape index (κ1) is 20.3. The van der Waals surface area contributed by atoms with Crippen LogP contribution in [-0.4, -0.2) is 38.2 Å². The number of carbonyl (C=O) groups excluding carboxylic acids is 2. The Balaban J connectivity index is 1.34. The molecule has 0 aromatic heterocycles. The van der Waals surface area contributed by atoms with Gasteiger partial charge in [0.15, 0.2) is 0 Å². The van der Waals surface area contributed by atoms with Crippen LogP contribution in [0, 0.1) is 0 Å². The summed E-state index contributed by atoms with van der Waals surface area (Å²) < 4.78 is 4.97. The molecule has 2 fully saturated rings. The van der Waals surface area contributed by atoms with Crippen LogP contribution in [0.3, 0.4) is 0 Å². The number of anilines is 2. The van der Waals surface area contributed by atoms with Gasteiger partial charge in [-0.25, -0.2) is 4.79 Å². The summed E-state index contributed by atoms with van der Waals surface area (Å²) in [6.07, 6.45) is 6.16. The highest BCUT2D eigenvalue weighted by atomic mass is 16.6. The lowest BCUT2D eigenvalue weighted by molar-refractivity contribution is 0.0951. The molecular weight excluding hydrogens is 378 g/mol. The second kappa shape index (κ2) is 9.20. The Morgan fingerprint density at radius 1 is 1.13 bits per heavy atom. The van der Waals surface area contributed by atoms with Gasteiger partial charge in [0.05, 0.1) is 6.54 Å². The lowest BCUT2D eigenvalue weighted by atomic mass is 9.94. The van der Waals surface area contributed by atoms with E-state index in [0.717, 1.165) is 5.56 Å². The molecule has 6 heteroatoms. The standard InChI is InChI=1S/C24H29N3O3/c1-26(20-7-3-2-4-8-20)21-12-10-18(11-13-21)17-25-23(28)19-6-5-9-22(16-19)27-14-15-30-24(27)29/h5-6,9-13,16,20H,2-4,7-8,14-15,17H2,1H3,(H,25,28). The lowest BCUT2D eigenvalue weighted by Gasteiger charge is -2.33. The van der Waals surface area contributed by atoms with Gasteiger partial charge in [-0.3, -0.25) is 9.69 Å². The Bertz CT molecular complexity index is 891. The van der Waals surface area contributed by atoms with E-state index in [4.69, 9.17) is 4.74 Å². The zero-order valence-corrected chi connectivity index (χ0v) is 17.5. The second-order valence-electron chi connectivity index (χ2n) is 8.07. The van der Waals surface area contributed by atoms with Crippen molar-refractivity contribution in [2.45, 2.75) is 44.7 Å². The number of benzene rings is 2. The fourth-order valence-electron chi connectivity index (χ4n) is 4.26. The van der Waals surface area contributed by atoms with Gasteiger partial charge in [-0.15, -0.1) is 0 Å². The first-order valence-corrected chi connectivity index (χ1v) is 10.8. The van der Waals surface area contributed by atoms with Crippen LogP contribution in [0.4, 0.5) is 16.2 Å². The zero-order valence-electron chi connectivity index (χ0n) is 17.5. The summed E-state index contributed by atoms with van der Waals surface area (Å²) >= 11 is 0. The Hall–Kier alpha value is -3.02. The quantitative estimate of drug-likeness (QED) is 0.774. The van der Waals surface area contributed by atoms with Gasteiger partial charge in [0.1, 0.15) is 6.61 Å². The Kier molecular flexibility index (Phi) is 6.21. The molecule has 158 valence electrons. The third-order valence-electron chi connectivity index (χ3n) is 6.10. The number of rotatable bonds is 6. The molecule has 2 aromatic rings. The number of cyclic esters (lactones) is 1. The van der Waals surface area contributed by atoms with Crippen LogP contribution in [0.2, 0.25) is 0 Å². The number of nitrogens with zero attached hydrogens (tertiary/aromatic N) is 2.